The van der Waals surface area contributed by atoms with E-state index >= 15 is 0 Å². The molecule has 0 aliphatic rings. The monoisotopic (exact) mass is 271 g/mol. The minimum absolute atomic E-state index is 0.125. The fourth-order valence-electron chi connectivity index (χ4n) is 1.93. The molecular formula is C16H16FN2O. The Labute approximate surface area is 117 Å². The Morgan fingerprint density at radius 3 is 2.55 bits per heavy atom. The Balaban J connectivity index is 2.15. The lowest BCUT2D eigenvalue weighted by atomic mass is 10.1. The molecule has 4 heteroatoms. The molecule has 3 nitrogen and oxygen atoms in total. The van der Waals surface area contributed by atoms with E-state index in [4.69, 9.17) is 5.73 Å². The van der Waals surface area contributed by atoms with Crippen molar-refractivity contribution in [1.29, 1.82) is 0 Å². The second kappa shape index (κ2) is 6.19. The molecule has 0 saturated heterocycles. The highest BCUT2D eigenvalue weighted by Crippen LogP contribution is 2.18. The standard InChI is InChI=1S/C16H16FN2O/c1-2-4-11-7-9-12(10-8-11)19-16(20)15-13(17)5-3-6-14(15)18/h2-3,5-10H,4,18H2,1H3,(H,19,20). The fraction of sp³-hybridized carbons (Fsp3) is 0.125. The van der Waals surface area contributed by atoms with Gasteiger partial charge in [0.2, 0.25) is 0 Å². The van der Waals surface area contributed by atoms with Gasteiger partial charge in [0.15, 0.2) is 0 Å². The Morgan fingerprint density at radius 1 is 1.25 bits per heavy atom. The number of nitrogens with one attached hydrogen (secondary N) is 1. The molecule has 103 valence electrons. The van der Waals surface area contributed by atoms with Crippen molar-refractivity contribution in [3.63, 3.8) is 0 Å². The third-order valence-corrected chi connectivity index (χ3v) is 2.92. The van der Waals surface area contributed by atoms with Gasteiger partial charge in [0.05, 0.1) is 5.56 Å². The first kappa shape index (κ1) is 14.1. The molecule has 0 spiro atoms. The zero-order valence-electron chi connectivity index (χ0n) is 11.2. The van der Waals surface area contributed by atoms with Crippen LogP contribution >= 0.6 is 0 Å². The molecule has 1 radical (unpaired) electrons. The van der Waals surface area contributed by atoms with Crippen LogP contribution in [0.1, 0.15) is 22.8 Å². The van der Waals surface area contributed by atoms with Crippen LogP contribution in [0.2, 0.25) is 0 Å². The van der Waals surface area contributed by atoms with Crippen LogP contribution in [0.4, 0.5) is 15.8 Å². The quantitative estimate of drug-likeness (QED) is 0.837. The summed E-state index contributed by atoms with van der Waals surface area (Å²) in [4.78, 5) is 12.0. The van der Waals surface area contributed by atoms with Gasteiger partial charge in [0.25, 0.3) is 5.91 Å². The number of nitrogens with two attached hydrogens (primary N) is 1. The van der Waals surface area contributed by atoms with Crippen LogP contribution in [-0.4, -0.2) is 5.91 Å². The number of nitrogen functional groups attached to an aromatic ring is 1. The highest BCUT2D eigenvalue weighted by Gasteiger charge is 2.15. The maximum atomic E-state index is 13.6. The lowest BCUT2D eigenvalue weighted by molar-refractivity contribution is 0.102. The van der Waals surface area contributed by atoms with E-state index in [0.717, 1.165) is 12.0 Å². The maximum absolute atomic E-state index is 13.6. The second-order valence-corrected chi connectivity index (χ2v) is 4.47. The Morgan fingerprint density at radius 2 is 1.95 bits per heavy atom. The molecule has 0 fully saturated rings. The number of hydrogen-bond donors (Lipinski definition) is 2. The van der Waals surface area contributed by atoms with Crippen molar-refractivity contribution in [1.82, 2.24) is 0 Å². The zero-order chi connectivity index (χ0) is 14.5. The highest BCUT2D eigenvalue weighted by atomic mass is 19.1. The van der Waals surface area contributed by atoms with Crippen LogP contribution in [-0.2, 0) is 6.42 Å². The van der Waals surface area contributed by atoms with Crippen molar-refractivity contribution >= 4 is 17.3 Å². The highest BCUT2D eigenvalue weighted by molar-refractivity contribution is 6.07. The van der Waals surface area contributed by atoms with Gasteiger partial charge in [-0.3, -0.25) is 4.79 Å². The van der Waals surface area contributed by atoms with Crippen LogP contribution in [0.25, 0.3) is 0 Å². The fourth-order valence-corrected chi connectivity index (χ4v) is 1.93. The van der Waals surface area contributed by atoms with Gasteiger partial charge in [-0.05, 0) is 42.7 Å². The molecule has 3 N–H and O–H groups in total. The van der Waals surface area contributed by atoms with E-state index in [1.807, 2.05) is 25.5 Å². The normalized spacial score (nSPS) is 10.3. The smallest absolute Gasteiger partial charge is 0.260 e. The molecule has 0 aliphatic carbocycles. The predicted octanol–water partition coefficient (Wildman–Crippen LogP) is 3.43. The summed E-state index contributed by atoms with van der Waals surface area (Å²) in [6.45, 7) is 1.98. The van der Waals surface area contributed by atoms with E-state index in [1.165, 1.54) is 18.2 Å². The average molecular weight is 271 g/mol. The molecule has 0 aromatic heterocycles. The first-order valence-corrected chi connectivity index (χ1v) is 6.34. The Kier molecular flexibility index (Phi) is 4.35. The summed E-state index contributed by atoms with van der Waals surface area (Å²) in [5, 5.41) is 2.64. The number of amides is 1. The molecule has 20 heavy (non-hydrogen) atoms. The number of carbonyl (C=O) groups is 1. The van der Waals surface area contributed by atoms with Crippen molar-refractivity contribution < 1.29 is 9.18 Å². The van der Waals surface area contributed by atoms with Gasteiger partial charge in [-0.1, -0.05) is 25.1 Å². The van der Waals surface area contributed by atoms with Gasteiger partial charge >= 0.3 is 0 Å². The van der Waals surface area contributed by atoms with Gasteiger partial charge in [-0.2, -0.15) is 0 Å². The van der Waals surface area contributed by atoms with Crippen LogP contribution in [0.3, 0.4) is 0 Å². The molecule has 1 amide bonds. The van der Waals surface area contributed by atoms with Crippen molar-refractivity contribution in [2.75, 3.05) is 11.1 Å². The van der Waals surface area contributed by atoms with E-state index in [-0.39, 0.29) is 11.3 Å². The number of anilines is 2. The minimum Gasteiger partial charge on any atom is -0.398 e. The third kappa shape index (κ3) is 3.15. The van der Waals surface area contributed by atoms with Gasteiger partial charge in [0.1, 0.15) is 5.82 Å². The predicted molar refractivity (Wildman–Crippen MR) is 78.9 cm³/mol. The van der Waals surface area contributed by atoms with Crippen molar-refractivity contribution in [2.45, 2.75) is 13.3 Å². The third-order valence-electron chi connectivity index (χ3n) is 2.92. The summed E-state index contributed by atoms with van der Waals surface area (Å²) >= 11 is 0. The van der Waals surface area contributed by atoms with E-state index < -0.39 is 11.7 Å². The molecule has 0 bridgehead atoms. The first-order valence-electron chi connectivity index (χ1n) is 6.34. The molecule has 2 aromatic rings. The van der Waals surface area contributed by atoms with Crippen molar-refractivity contribution in [3.05, 3.63) is 65.8 Å². The number of halogens is 1. The lowest BCUT2D eigenvalue weighted by Gasteiger charge is -2.09. The largest absolute Gasteiger partial charge is 0.398 e. The molecule has 0 unspecified atom stereocenters. The number of rotatable bonds is 4. The molecule has 0 heterocycles. The molecule has 2 rings (SSSR count). The van der Waals surface area contributed by atoms with Crippen molar-refractivity contribution in [3.8, 4) is 0 Å². The van der Waals surface area contributed by atoms with Crippen LogP contribution in [0.5, 0.6) is 0 Å². The molecule has 2 aromatic carbocycles. The Bertz CT molecular complexity index is 588. The summed E-state index contributed by atoms with van der Waals surface area (Å²) in [5.41, 5.74) is 7.39. The summed E-state index contributed by atoms with van der Waals surface area (Å²) in [6.07, 6.45) is 2.92. The summed E-state index contributed by atoms with van der Waals surface area (Å²) in [5.74, 6) is -1.17. The minimum atomic E-state index is -0.625. The topological polar surface area (TPSA) is 55.1 Å². The molecular weight excluding hydrogens is 255 g/mol. The maximum Gasteiger partial charge on any atom is 0.260 e. The second-order valence-electron chi connectivity index (χ2n) is 4.47. The van der Waals surface area contributed by atoms with Gasteiger partial charge in [-0.25, -0.2) is 4.39 Å². The van der Waals surface area contributed by atoms with Crippen LogP contribution < -0.4 is 11.1 Å². The SMILES string of the molecule is C[CH]Cc1ccc(NC(=O)c2c(N)cccc2F)cc1. The average Bonchev–Trinajstić information content (AvgIpc) is 2.41. The van der Waals surface area contributed by atoms with E-state index in [0.29, 0.717) is 5.69 Å². The number of hydrogen-bond acceptors (Lipinski definition) is 2. The molecule has 0 aliphatic heterocycles. The summed E-state index contributed by atoms with van der Waals surface area (Å²) in [6, 6.07) is 11.6. The summed E-state index contributed by atoms with van der Waals surface area (Å²) < 4.78 is 13.6. The number of carbonyl (C=O) groups excluding carboxylic acids is 1. The van der Waals surface area contributed by atoms with Gasteiger partial charge in [-0.15, -0.1) is 0 Å². The molecule has 0 atom stereocenters. The first-order chi connectivity index (χ1) is 9.61. The van der Waals surface area contributed by atoms with E-state index in [2.05, 4.69) is 5.32 Å². The molecule has 0 saturated carbocycles. The lowest BCUT2D eigenvalue weighted by Crippen LogP contribution is -2.16. The summed E-state index contributed by atoms with van der Waals surface area (Å²) in [7, 11) is 0. The Hall–Kier alpha value is -2.36. The van der Waals surface area contributed by atoms with Crippen molar-refractivity contribution in [2.24, 2.45) is 0 Å². The number of benzene rings is 2. The van der Waals surface area contributed by atoms with Crippen LogP contribution in [0, 0.1) is 12.2 Å². The zero-order valence-corrected chi connectivity index (χ0v) is 11.2. The van der Waals surface area contributed by atoms with E-state index in [9.17, 15) is 9.18 Å². The van der Waals surface area contributed by atoms with Gasteiger partial charge in [0, 0.05) is 11.4 Å². The van der Waals surface area contributed by atoms with Gasteiger partial charge < -0.3 is 11.1 Å². The van der Waals surface area contributed by atoms with Crippen LogP contribution in [0.15, 0.2) is 42.5 Å². The van der Waals surface area contributed by atoms with E-state index in [1.54, 1.807) is 12.1 Å².